The van der Waals surface area contributed by atoms with E-state index in [1.165, 1.54) is 14.1 Å². The highest BCUT2D eigenvalue weighted by Gasteiger charge is 2.28. The molecule has 1 amide bonds. The van der Waals surface area contributed by atoms with E-state index in [9.17, 15) is 13.2 Å². The third-order valence-corrected chi connectivity index (χ3v) is 5.93. The predicted octanol–water partition coefficient (Wildman–Crippen LogP) is 2.95. The number of rotatable bonds is 8. The van der Waals surface area contributed by atoms with Crippen molar-refractivity contribution in [2.45, 2.75) is 20.8 Å². The van der Waals surface area contributed by atoms with Crippen LogP contribution in [-0.4, -0.2) is 45.9 Å². The van der Waals surface area contributed by atoms with Gasteiger partial charge in [0.2, 0.25) is 5.91 Å². The average Bonchev–Trinajstić information content (AvgIpc) is 2.63. The zero-order valence-electron chi connectivity index (χ0n) is 16.9. The van der Waals surface area contributed by atoms with Crippen LogP contribution in [0.2, 0.25) is 0 Å². The van der Waals surface area contributed by atoms with Gasteiger partial charge in [0.05, 0.1) is 18.0 Å². The zero-order chi connectivity index (χ0) is 20.9. The fourth-order valence-electron chi connectivity index (χ4n) is 2.65. The molecule has 152 valence electrons. The fourth-order valence-corrected chi connectivity index (χ4v) is 3.77. The quantitative estimate of drug-likeness (QED) is 0.732. The standard InChI is InChI=1S/C20H27N3O4S/c1-6-27-19-10-8-7-9-17(19)21-20(24)14-23(28(25,26)22(4)5)18-13-15(2)11-12-16(18)3/h7-13H,6,14H2,1-5H3,(H,21,24). The summed E-state index contributed by atoms with van der Waals surface area (Å²) in [7, 11) is -0.984. The van der Waals surface area contributed by atoms with Crippen molar-refractivity contribution in [3.8, 4) is 5.75 Å². The third kappa shape index (κ3) is 5.02. The normalized spacial score (nSPS) is 11.4. The maximum absolute atomic E-state index is 12.9. The van der Waals surface area contributed by atoms with Crippen molar-refractivity contribution < 1.29 is 17.9 Å². The molecule has 1 N–H and O–H groups in total. The molecular weight excluding hydrogens is 378 g/mol. The minimum Gasteiger partial charge on any atom is -0.492 e. The number of hydrogen-bond acceptors (Lipinski definition) is 4. The molecule has 2 aromatic rings. The molecule has 0 bridgehead atoms. The van der Waals surface area contributed by atoms with E-state index in [-0.39, 0.29) is 6.54 Å². The SMILES string of the molecule is CCOc1ccccc1NC(=O)CN(c1cc(C)ccc1C)S(=O)(=O)N(C)C. The summed E-state index contributed by atoms with van der Waals surface area (Å²) in [5.74, 6) is 0.0746. The number of amides is 1. The summed E-state index contributed by atoms with van der Waals surface area (Å²) in [5.41, 5.74) is 2.64. The molecule has 0 atom stereocenters. The first-order valence-corrected chi connectivity index (χ1v) is 10.4. The summed E-state index contributed by atoms with van der Waals surface area (Å²) in [4.78, 5) is 12.7. The summed E-state index contributed by atoms with van der Waals surface area (Å²) in [5, 5.41) is 2.75. The number of nitrogens with zero attached hydrogens (tertiary/aromatic N) is 2. The number of hydrogen-bond donors (Lipinski definition) is 1. The van der Waals surface area contributed by atoms with Crippen molar-refractivity contribution in [2.24, 2.45) is 0 Å². The number of para-hydroxylation sites is 2. The fraction of sp³-hybridized carbons (Fsp3) is 0.350. The second-order valence-electron chi connectivity index (χ2n) is 6.56. The van der Waals surface area contributed by atoms with E-state index < -0.39 is 16.1 Å². The van der Waals surface area contributed by atoms with Gasteiger partial charge in [-0.05, 0) is 50.1 Å². The molecule has 7 nitrogen and oxygen atoms in total. The van der Waals surface area contributed by atoms with Gasteiger partial charge in [0, 0.05) is 14.1 Å². The van der Waals surface area contributed by atoms with Crippen LogP contribution in [0.25, 0.3) is 0 Å². The number of nitrogens with one attached hydrogen (secondary N) is 1. The lowest BCUT2D eigenvalue weighted by Crippen LogP contribution is -2.44. The summed E-state index contributed by atoms with van der Waals surface area (Å²) >= 11 is 0. The van der Waals surface area contributed by atoms with Gasteiger partial charge in [-0.15, -0.1) is 0 Å². The van der Waals surface area contributed by atoms with Gasteiger partial charge < -0.3 is 10.1 Å². The Morgan fingerprint density at radius 2 is 1.79 bits per heavy atom. The Bertz CT molecular complexity index is 942. The van der Waals surface area contributed by atoms with Gasteiger partial charge >= 0.3 is 10.2 Å². The summed E-state index contributed by atoms with van der Waals surface area (Å²) in [6, 6.07) is 12.5. The van der Waals surface area contributed by atoms with Crippen LogP contribution in [0.4, 0.5) is 11.4 Å². The molecule has 2 aromatic carbocycles. The van der Waals surface area contributed by atoms with Crippen LogP contribution in [0.5, 0.6) is 5.75 Å². The molecular formula is C20H27N3O4S. The molecule has 0 radical (unpaired) electrons. The monoisotopic (exact) mass is 405 g/mol. The minimum atomic E-state index is -3.86. The number of ether oxygens (including phenoxy) is 1. The van der Waals surface area contributed by atoms with E-state index in [0.29, 0.717) is 23.7 Å². The highest BCUT2D eigenvalue weighted by atomic mass is 32.2. The lowest BCUT2D eigenvalue weighted by Gasteiger charge is -2.28. The molecule has 0 fully saturated rings. The third-order valence-electron chi connectivity index (χ3n) is 4.12. The summed E-state index contributed by atoms with van der Waals surface area (Å²) in [6.45, 7) is 5.64. The second-order valence-corrected chi connectivity index (χ2v) is 8.63. The van der Waals surface area contributed by atoms with Crippen LogP contribution in [0.15, 0.2) is 42.5 Å². The number of anilines is 2. The number of benzene rings is 2. The van der Waals surface area contributed by atoms with E-state index in [0.717, 1.165) is 19.7 Å². The van der Waals surface area contributed by atoms with Gasteiger partial charge in [-0.2, -0.15) is 12.7 Å². The smallest absolute Gasteiger partial charge is 0.304 e. The Balaban J connectivity index is 2.36. The molecule has 0 aliphatic heterocycles. The van der Waals surface area contributed by atoms with Crippen LogP contribution in [-0.2, 0) is 15.0 Å². The Morgan fingerprint density at radius 3 is 2.43 bits per heavy atom. The topological polar surface area (TPSA) is 79.0 Å². The Kier molecular flexibility index (Phi) is 7.04. The minimum absolute atomic E-state index is 0.356. The molecule has 0 aromatic heterocycles. The molecule has 0 saturated carbocycles. The predicted molar refractivity (Wildman–Crippen MR) is 112 cm³/mol. The average molecular weight is 406 g/mol. The van der Waals surface area contributed by atoms with Gasteiger partial charge in [-0.25, -0.2) is 4.31 Å². The molecule has 0 aliphatic rings. The molecule has 8 heteroatoms. The van der Waals surface area contributed by atoms with Gasteiger partial charge in [0.15, 0.2) is 0 Å². The highest BCUT2D eigenvalue weighted by Crippen LogP contribution is 2.27. The van der Waals surface area contributed by atoms with Gasteiger partial charge in [-0.3, -0.25) is 4.79 Å². The van der Waals surface area contributed by atoms with Crippen molar-refractivity contribution in [1.82, 2.24) is 4.31 Å². The molecule has 0 spiro atoms. The van der Waals surface area contributed by atoms with Gasteiger partial charge in [-0.1, -0.05) is 24.3 Å². The van der Waals surface area contributed by atoms with Crippen molar-refractivity contribution in [1.29, 1.82) is 0 Å². The molecule has 28 heavy (non-hydrogen) atoms. The van der Waals surface area contributed by atoms with Gasteiger partial charge in [0.1, 0.15) is 12.3 Å². The first kappa shape index (κ1) is 21.7. The molecule has 0 unspecified atom stereocenters. The van der Waals surface area contributed by atoms with Crippen molar-refractivity contribution >= 4 is 27.5 Å². The van der Waals surface area contributed by atoms with Crippen molar-refractivity contribution in [3.05, 3.63) is 53.6 Å². The van der Waals surface area contributed by atoms with Crippen LogP contribution in [0, 0.1) is 13.8 Å². The van der Waals surface area contributed by atoms with Crippen LogP contribution >= 0.6 is 0 Å². The van der Waals surface area contributed by atoms with Crippen LogP contribution < -0.4 is 14.4 Å². The number of carbonyl (C=O) groups is 1. The maximum Gasteiger partial charge on any atom is 0.304 e. The summed E-state index contributed by atoms with van der Waals surface area (Å²) in [6.07, 6.45) is 0. The maximum atomic E-state index is 12.9. The van der Waals surface area contributed by atoms with E-state index in [4.69, 9.17) is 4.74 Å². The highest BCUT2D eigenvalue weighted by molar-refractivity contribution is 7.90. The van der Waals surface area contributed by atoms with Crippen molar-refractivity contribution in [2.75, 3.05) is 36.9 Å². The largest absolute Gasteiger partial charge is 0.492 e. The Morgan fingerprint density at radius 1 is 1.11 bits per heavy atom. The second kappa shape index (κ2) is 9.07. The van der Waals surface area contributed by atoms with E-state index in [2.05, 4.69) is 5.32 Å². The first-order valence-electron chi connectivity index (χ1n) is 8.96. The lowest BCUT2D eigenvalue weighted by atomic mass is 10.1. The van der Waals surface area contributed by atoms with E-state index >= 15 is 0 Å². The lowest BCUT2D eigenvalue weighted by molar-refractivity contribution is -0.114. The van der Waals surface area contributed by atoms with E-state index in [1.54, 1.807) is 30.3 Å². The van der Waals surface area contributed by atoms with Crippen molar-refractivity contribution in [3.63, 3.8) is 0 Å². The number of carbonyl (C=O) groups excluding carboxylic acids is 1. The van der Waals surface area contributed by atoms with Gasteiger partial charge in [0.25, 0.3) is 0 Å². The van der Waals surface area contributed by atoms with Crippen LogP contribution in [0.1, 0.15) is 18.1 Å². The number of aryl methyl sites for hydroxylation is 2. The summed E-state index contributed by atoms with van der Waals surface area (Å²) < 4.78 is 33.5. The van der Waals surface area contributed by atoms with E-state index in [1.807, 2.05) is 32.9 Å². The molecule has 2 rings (SSSR count). The Hall–Kier alpha value is -2.58. The molecule has 0 heterocycles. The zero-order valence-corrected chi connectivity index (χ0v) is 17.7. The first-order chi connectivity index (χ1) is 13.2. The molecule has 0 saturated heterocycles. The molecule has 0 aliphatic carbocycles. The van der Waals surface area contributed by atoms with Crippen LogP contribution in [0.3, 0.4) is 0 Å². The Labute approximate surface area is 167 Å².